The standard InChI is InChI=1S/C17H16O3P/c1-11-9-12(2)15(13(3)10-11)17(19)21(20)16(18)14-7-5-4-6-8-14/h4-10H,1-3H3. The molecule has 0 aliphatic rings. The molecule has 0 aromatic heterocycles. The van der Waals surface area contributed by atoms with Crippen molar-refractivity contribution in [1.29, 1.82) is 0 Å². The fraction of sp³-hybridized carbons (Fsp3) is 0.176. The zero-order valence-electron chi connectivity index (χ0n) is 12.2. The molecule has 0 N–H and O–H groups in total. The van der Waals surface area contributed by atoms with Crippen molar-refractivity contribution in [3.05, 3.63) is 70.3 Å². The first-order valence-corrected chi connectivity index (χ1v) is 7.86. The normalized spacial score (nSPS) is 11.1. The quantitative estimate of drug-likeness (QED) is 0.785. The van der Waals surface area contributed by atoms with Gasteiger partial charge in [-0.15, -0.1) is 0 Å². The molecule has 0 bridgehead atoms. The van der Waals surface area contributed by atoms with Gasteiger partial charge in [0.1, 0.15) is 0 Å². The Morgan fingerprint density at radius 3 is 1.90 bits per heavy atom. The minimum atomic E-state index is -2.63. The molecule has 2 aromatic rings. The molecule has 1 radical (unpaired) electrons. The summed E-state index contributed by atoms with van der Waals surface area (Å²) in [6.07, 6.45) is 0. The maximum absolute atomic E-state index is 12.4. The van der Waals surface area contributed by atoms with Crippen LogP contribution in [0.3, 0.4) is 0 Å². The molecule has 0 aliphatic carbocycles. The van der Waals surface area contributed by atoms with Crippen molar-refractivity contribution in [2.75, 3.05) is 0 Å². The van der Waals surface area contributed by atoms with E-state index in [1.807, 2.05) is 19.1 Å². The monoisotopic (exact) mass is 299 g/mol. The third kappa shape index (κ3) is 3.14. The number of hydrogen-bond acceptors (Lipinski definition) is 3. The second-order valence-corrected chi connectivity index (χ2v) is 6.45. The lowest BCUT2D eigenvalue weighted by Crippen LogP contribution is -2.06. The summed E-state index contributed by atoms with van der Waals surface area (Å²) < 4.78 is 12.3. The zero-order chi connectivity index (χ0) is 15.6. The molecule has 0 saturated heterocycles. The number of aryl methyl sites for hydroxylation is 3. The largest absolute Gasteiger partial charge is 0.281 e. The summed E-state index contributed by atoms with van der Waals surface area (Å²) in [4.78, 5) is 24.6. The maximum Gasteiger partial charge on any atom is 0.250 e. The number of carbonyl (C=O) groups is 2. The summed E-state index contributed by atoms with van der Waals surface area (Å²) in [5.41, 5.74) is 2.03. The van der Waals surface area contributed by atoms with E-state index < -0.39 is 18.8 Å². The van der Waals surface area contributed by atoms with E-state index in [2.05, 4.69) is 0 Å². The Balaban J connectivity index is 2.37. The van der Waals surface area contributed by atoms with Gasteiger partial charge in [0.25, 0.3) is 0 Å². The Hall–Kier alpha value is -2.12. The Bertz CT molecular complexity index is 710. The average Bonchev–Trinajstić information content (AvgIpc) is 2.45. The Morgan fingerprint density at radius 2 is 1.38 bits per heavy atom. The van der Waals surface area contributed by atoms with Crippen molar-refractivity contribution in [2.24, 2.45) is 0 Å². The molecular weight excluding hydrogens is 283 g/mol. The van der Waals surface area contributed by atoms with Crippen molar-refractivity contribution >= 4 is 18.8 Å². The average molecular weight is 299 g/mol. The SMILES string of the molecule is Cc1cc(C)c(C(=O)[P](=O)C(=O)c2ccccc2)c(C)c1. The van der Waals surface area contributed by atoms with Gasteiger partial charge in [-0.05, 0) is 31.9 Å². The third-order valence-electron chi connectivity index (χ3n) is 3.28. The Morgan fingerprint density at radius 1 is 0.857 bits per heavy atom. The second kappa shape index (κ2) is 6.11. The maximum atomic E-state index is 12.4. The van der Waals surface area contributed by atoms with Gasteiger partial charge in [-0.1, -0.05) is 48.0 Å². The molecule has 2 rings (SSSR count). The van der Waals surface area contributed by atoms with Crippen LogP contribution in [-0.4, -0.2) is 11.0 Å². The third-order valence-corrected chi connectivity index (χ3v) is 4.50. The molecule has 1 atom stereocenters. The minimum Gasteiger partial charge on any atom is -0.281 e. The van der Waals surface area contributed by atoms with Crippen molar-refractivity contribution < 1.29 is 14.2 Å². The Labute approximate surface area is 124 Å². The lowest BCUT2D eigenvalue weighted by Gasteiger charge is -2.09. The number of hydrogen-bond donors (Lipinski definition) is 0. The minimum absolute atomic E-state index is 0.300. The molecule has 0 amide bonds. The van der Waals surface area contributed by atoms with Gasteiger partial charge < -0.3 is 0 Å². The van der Waals surface area contributed by atoms with Gasteiger partial charge in [-0.3, -0.25) is 14.2 Å². The molecule has 107 valence electrons. The van der Waals surface area contributed by atoms with E-state index in [-0.39, 0.29) is 0 Å². The highest BCUT2D eigenvalue weighted by atomic mass is 31.1. The van der Waals surface area contributed by atoms with Crippen LogP contribution in [0.15, 0.2) is 42.5 Å². The van der Waals surface area contributed by atoms with Crippen molar-refractivity contribution in [3.63, 3.8) is 0 Å². The molecular formula is C17H16O3P. The first-order valence-electron chi connectivity index (χ1n) is 6.60. The molecule has 0 aliphatic heterocycles. The molecule has 2 aromatic carbocycles. The topological polar surface area (TPSA) is 51.2 Å². The van der Waals surface area contributed by atoms with Gasteiger partial charge in [0.05, 0.1) is 0 Å². The predicted octanol–water partition coefficient (Wildman–Crippen LogP) is 4.42. The molecule has 3 nitrogen and oxygen atoms in total. The van der Waals surface area contributed by atoms with E-state index in [9.17, 15) is 14.2 Å². The lowest BCUT2D eigenvalue weighted by molar-refractivity contribution is 0.104. The van der Waals surface area contributed by atoms with E-state index in [0.717, 1.165) is 16.7 Å². The summed E-state index contributed by atoms with van der Waals surface area (Å²) in [7, 11) is -2.63. The van der Waals surface area contributed by atoms with Crippen molar-refractivity contribution in [1.82, 2.24) is 0 Å². The number of benzene rings is 2. The Kier molecular flexibility index (Phi) is 4.44. The molecule has 4 heteroatoms. The van der Waals surface area contributed by atoms with Gasteiger partial charge >= 0.3 is 0 Å². The first-order chi connectivity index (χ1) is 9.91. The zero-order valence-corrected chi connectivity index (χ0v) is 13.1. The summed E-state index contributed by atoms with van der Waals surface area (Å²) >= 11 is 0. The van der Waals surface area contributed by atoms with Crippen LogP contribution in [0.5, 0.6) is 0 Å². The van der Waals surface area contributed by atoms with Crippen LogP contribution >= 0.6 is 7.80 Å². The molecule has 1 unspecified atom stereocenters. The van der Waals surface area contributed by atoms with Gasteiger partial charge in [-0.2, -0.15) is 0 Å². The lowest BCUT2D eigenvalue weighted by atomic mass is 10.0. The van der Waals surface area contributed by atoms with Crippen LogP contribution in [0.1, 0.15) is 37.4 Å². The van der Waals surface area contributed by atoms with Crippen molar-refractivity contribution in [2.45, 2.75) is 20.8 Å². The summed E-state index contributed by atoms with van der Waals surface area (Å²) in [6.45, 7) is 5.52. The van der Waals surface area contributed by atoms with Crippen molar-refractivity contribution in [3.8, 4) is 0 Å². The van der Waals surface area contributed by atoms with Gasteiger partial charge in [0.2, 0.25) is 18.8 Å². The summed E-state index contributed by atoms with van der Waals surface area (Å²) in [6, 6.07) is 12.0. The van der Waals surface area contributed by atoms with E-state index in [4.69, 9.17) is 0 Å². The van der Waals surface area contributed by atoms with Crippen LogP contribution in [0.25, 0.3) is 0 Å². The fourth-order valence-electron chi connectivity index (χ4n) is 2.41. The second-order valence-electron chi connectivity index (χ2n) is 5.04. The van der Waals surface area contributed by atoms with E-state index >= 15 is 0 Å². The van der Waals surface area contributed by atoms with Gasteiger partial charge in [0.15, 0.2) is 0 Å². The fourth-order valence-corrected chi connectivity index (χ4v) is 3.53. The van der Waals surface area contributed by atoms with Crippen LogP contribution < -0.4 is 0 Å². The predicted molar refractivity (Wildman–Crippen MR) is 83.4 cm³/mol. The summed E-state index contributed by atoms with van der Waals surface area (Å²) in [5, 5.41) is 0. The highest BCUT2D eigenvalue weighted by Crippen LogP contribution is 2.34. The van der Waals surface area contributed by atoms with Crippen LogP contribution in [0.2, 0.25) is 0 Å². The smallest absolute Gasteiger partial charge is 0.250 e. The molecule has 0 saturated carbocycles. The molecule has 21 heavy (non-hydrogen) atoms. The highest BCUT2D eigenvalue weighted by molar-refractivity contribution is 7.80. The van der Waals surface area contributed by atoms with Gasteiger partial charge in [0, 0.05) is 11.1 Å². The van der Waals surface area contributed by atoms with Crippen LogP contribution in [0.4, 0.5) is 0 Å². The molecule has 0 heterocycles. The number of carbonyl (C=O) groups excluding carboxylic acids is 2. The van der Waals surface area contributed by atoms with Crippen LogP contribution in [0, 0.1) is 20.8 Å². The first kappa shape index (κ1) is 15.3. The van der Waals surface area contributed by atoms with Gasteiger partial charge in [-0.25, -0.2) is 0 Å². The van der Waals surface area contributed by atoms with Crippen LogP contribution in [-0.2, 0) is 4.57 Å². The molecule has 0 fully saturated rings. The summed E-state index contributed by atoms with van der Waals surface area (Å²) in [5.74, 6) is 0. The van der Waals surface area contributed by atoms with E-state index in [1.165, 1.54) is 0 Å². The number of rotatable bonds is 4. The van der Waals surface area contributed by atoms with E-state index in [0.29, 0.717) is 11.1 Å². The molecule has 0 spiro atoms. The highest BCUT2D eigenvalue weighted by Gasteiger charge is 2.26. The van der Waals surface area contributed by atoms with E-state index in [1.54, 1.807) is 44.2 Å².